The van der Waals surface area contributed by atoms with Gasteiger partial charge in [-0.05, 0) is 31.7 Å². The minimum Gasteiger partial charge on any atom is -0.375 e. The van der Waals surface area contributed by atoms with Crippen LogP contribution in [0.5, 0.6) is 0 Å². The number of hydrogen-bond donors (Lipinski definition) is 0. The Hall–Kier alpha value is -0.730. The van der Waals surface area contributed by atoms with Crippen molar-refractivity contribution in [1.82, 2.24) is 9.21 Å². The van der Waals surface area contributed by atoms with Crippen molar-refractivity contribution >= 4 is 21.6 Å². The number of morpholine rings is 1. The summed E-state index contributed by atoms with van der Waals surface area (Å²) >= 11 is 5.82. The van der Waals surface area contributed by atoms with Gasteiger partial charge in [-0.2, -0.15) is 4.31 Å². The predicted molar refractivity (Wildman–Crippen MR) is 80.9 cm³/mol. The fourth-order valence-electron chi connectivity index (χ4n) is 3.04. The molecule has 2 saturated heterocycles. The average Bonchev–Trinajstić information content (AvgIpc) is 2.49. The molecule has 0 saturated carbocycles. The molecule has 2 atom stereocenters. The van der Waals surface area contributed by atoms with Crippen LogP contribution >= 0.6 is 11.6 Å². The molecule has 0 unspecified atom stereocenters. The van der Waals surface area contributed by atoms with E-state index in [1.54, 1.807) is 0 Å². The van der Waals surface area contributed by atoms with Gasteiger partial charge in [0.1, 0.15) is 10.7 Å². The van der Waals surface area contributed by atoms with Gasteiger partial charge >= 0.3 is 0 Å². The van der Waals surface area contributed by atoms with Crippen LogP contribution < -0.4 is 0 Å². The zero-order valence-corrected chi connectivity index (χ0v) is 13.8. The lowest BCUT2D eigenvalue weighted by Gasteiger charge is -2.45. The van der Waals surface area contributed by atoms with Crippen molar-refractivity contribution in [3.8, 4) is 0 Å². The van der Waals surface area contributed by atoms with Gasteiger partial charge < -0.3 is 4.74 Å². The molecule has 22 heavy (non-hydrogen) atoms. The van der Waals surface area contributed by atoms with Gasteiger partial charge in [-0.15, -0.1) is 0 Å². The zero-order valence-electron chi connectivity index (χ0n) is 12.2. The molecule has 1 aromatic rings. The Morgan fingerprint density at radius 1 is 1.36 bits per heavy atom. The maximum atomic E-state index is 13.9. The Balaban J connectivity index is 1.88. The highest BCUT2D eigenvalue weighted by Crippen LogP contribution is 2.28. The number of benzene rings is 1. The number of nitrogens with zero attached hydrogens (tertiary/aromatic N) is 2. The van der Waals surface area contributed by atoms with Crippen LogP contribution in [0.4, 0.5) is 4.39 Å². The molecule has 0 spiro atoms. The number of hydrogen-bond acceptors (Lipinski definition) is 4. The number of halogens is 2. The Kier molecular flexibility index (Phi) is 4.44. The largest absolute Gasteiger partial charge is 0.375 e. The highest BCUT2D eigenvalue weighted by molar-refractivity contribution is 7.89. The van der Waals surface area contributed by atoms with Gasteiger partial charge in [-0.1, -0.05) is 11.6 Å². The van der Waals surface area contributed by atoms with Gasteiger partial charge in [0.2, 0.25) is 10.0 Å². The fourth-order valence-corrected chi connectivity index (χ4v) is 4.84. The van der Waals surface area contributed by atoms with Crippen LogP contribution in [-0.2, 0) is 14.8 Å². The maximum absolute atomic E-state index is 13.9. The van der Waals surface area contributed by atoms with Gasteiger partial charge in [0.25, 0.3) is 0 Å². The first kappa shape index (κ1) is 16.1. The molecule has 122 valence electrons. The molecule has 2 heterocycles. The second-order valence-electron chi connectivity index (χ2n) is 5.68. The van der Waals surface area contributed by atoms with E-state index in [1.165, 1.54) is 16.4 Å². The van der Waals surface area contributed by atoms with Crippen LogP contribution in [-0.4, -0.2) is 63.1 Å². The molecular weight excluding hydrogens is 331 g/mol. The summed E-state index contributed by atoms with van der Waals surface area (Å²) in [5.41, 5.74) is 0. The minimum atomic E-state index is -3.90. The lowest BCUT2D eigenvalue weighted by atomic mass is 10.0. The highest BCUT2D eigenvalue weighted by atomic mass is 35.5. The number of likely N-dealkylation sites (N-methyl/N-ethyl adjacent to an activating group) is 1. The molecule has 2 aliphatic heterocycles. The summed E-state index contributed by atoms with van der Waals surface area (Å²) in [6.45, 7) is 2.05. The van der Waals surface area contributed by atoms with Gasteiger partial charge in [0, 0.05) is 30.7 Å². The van der Waals surface area contributed by atoms with E-state index in [0.29, 0.717) is 26.1 Å². The summed E-state index contributed by atoms with van der Waals surface area (Å²) in [6.07, 6.45) is 0.644. The average molecular weight is 349 g/mol. The molecule has 3 rings (SSSR count). The van der Waals surface area contributed by atoms with E-state index in [-0.39, 0.29) is 22.1 Å². The molecule has 0 amide bonds. The summed E-state index contributed by atoms with van der Waals surface area (Å²) in [5.74, 6) is -0.778. The van der Waals surface area contributed by atoms with Crippen LogP contribution in [0.1, 0.15) is 6.42 Å². The monoisotopic (exact) mass is 348 g/mol. The van der Waals surface area contributed by atoms with E-state index in [2.05, 4.69) is 4.90 Å². The second kappa shape index (κ2) is 6.05. The lowest BCUT2D eigenvalue weighted by Crippen LogP contribution is -2.59. The molecule has 2 aliphatic rings. The summed E-state index contributed by atoms with van der Waals surface area (Å²) in [5, 5.41) is 0.202. The number of rotatable bonds is 2. The van der Waals surface area contributed by atoms with Gasteiger partial charge in [0.15, 0.2) is 0 Å². The third kappa shape index (κ3) is 2.88. The van der Waals surface area contributed by atoms with Crippen LogP contribution in [0.2, 0.25) is 5.02 Å². The van der Waals surface area contributed by atoms with Crippen LogP contribution in [0, 0.1) is 5.82 Å². The minimum absolute atomic E-state index is 0.000444. The first-order chi connectivity index (χ1) is 10.4. The second-order valence-corrected chi connectivity index (χ2v) is 8.03. The molecule has 8 heteroatoms. The Morgan fingerprint density at radius 2 is 2.14 bits per heavy atom. The summed E-state index contributed by atoms with van der Waals surface area (Å²) in [6, 6.07) is 3.58. The molecule has 0 aliphatic carbocycles. The van der Waals surface area contributed by atoms with Crippen molar-refractivity contribution in [2.45, 2.75) is 23.5 Å². The van der Waals surface area contributed by atoms with Gasteiger partial charge in [-0.25, -0.2) is 12.8 Å². The summed E-state index contributed by atoms with van der Waals surface area (Å²) in [4.78, 5) is 1.74. The van der Waals surface area contributed by atoms with Crippen molar-refractivity contribution < 1.29 is 17.5 Å². The van der Waals surface area contributed by atoms with Gasteiger partial charge in [-0.3, -0.25) is 4.90 Å². The number of piperidine rings is 1. The molecule has 0 aromatic heterocycles. The van der Waals surface area contributed by atoms with Gasteiger partial charge in [0.05, 0.1) is 12.7 Å². The van der Waals surface area contributed by atoms with E-state index in [1.807, 2.05) is 7.05 Å². The summed E-state index contributed by atoms with van der Waals surface area (Å²) in [7, 11) is -1.94. The number of ether oxygens (including phenoxy) is 1. The smallest absolute Gasteiger partial charge is 0.246 e. The SMILES string of the molecule is CN1CCO[C@H]2CCN(S(=O)(=O)c3cc(Cl)ccc3F)C[C@@H]21. The first-order valence-corrected chi connectivity index (χ1v) is 8.98. The quantitative estimate of drug-likeness (QED) is 0.814. The summed E-state index contributed by atoms with van der Waals surface area (Å²) < 4.78 is 46.4. The van der Waals surface area contributed by atoms with Crippen molar-refractivity contribution in [2.75, 3.05) is 33.3 Å². The van der Waals surface area contributed by atoms with Crippen LogP contribution in [0.25, 0.3) is 0 Å². The molecule has 0 bridgehead atoms. The Bertz CT molecular complexity index is 670. The van der Waals surface area contributed by atoms with Crippen LogP contribution in [0.3, 0.4) is 0 Å². The van der Waals surface area contributed by atoms with Crippen molar-refractivity contribution in [2.24, 2.45) is 0 Å². The molecular formula is C14H18ClFN2O3S. The molecule has 0 N–H and O–H groups in total. The molecule has 1 aromatic carbocycles. The Labute approximate surface area is 134 Å². The van der Waals surface area contributed by atoms with E-state index < -0.39 is 15.8 Å². The normalized spacial score (nSPS) is 27.6. The standard InChI is InChI=1S/C14H18ClFN2O3S/c1-17-6-7-21-13-4-5-18(9-12(13)17)22(19,20)14-8-10(15)2-3-11(14)16/h2-3,8,12-13H,4-7,9H2,1H3/t12-,13-/m0/s1. The molecule has 5 nitrogen and oxygen atoms in total. The van der Waals surface area contributed by atoms with Crippen molar-refractivity contribution in [1.29, 1.82) is 0 Å². The third-order valence-corrected chi connectivity index (χ3v) is 6.45. The molecule has 0 radical (unpaired) electrons. The number of sulfonamides is 1. The first-order valence-electron chi connectivity index (χ1n) is 7.16. The third-order valence-electron chi connectivity index (χ3n) is 4.34. The highest BCUT2D eigenvalue weighted by Gasteiger charge is 2.40. The topological polar surface area (TPSA) is 49.9 Å². The Morgan fingerprint density at radius 3 is 2.91 bits per heavy atom. The maximum Gasteiger partial charge on any atom is 0.246 e. The van der Waals surface area contributed by atoms with Crippen molar-refractivity contribution in [3.63, 3.8) is 0 Å². The van der Waals surface area contributed by atoms with Crippen LogP contribution in [0.15, 0.2) is 23.1 Å². The predicted octanol–water partition coefficient (Wildman–Crippen LogP) is 1.57. The van der Waals surface area contributed by atoms with E-state index in [9.17, 15) is 12.8 Å². The molecule has 2 fully saturated rings. The number of fused-ring (bicyclic) bond motifs is 1. The fraction of sp³-hybridized carbons (Fsp3) is 0.571. The lowest BCUT2D eigenvalue weighted by molar-refractivity contribution is -0.0840. The van der Waals surface area contributed by atoms with E-state index in [4.69, 9.17) is 16.3 Å². The van der Waals surface area contributed by atoms with E-state index >= 15 is 0 Å². The zero-order chi connectivity index (χ0) is 15.9. The van der Waals surface area contributed by atoms with Crippen molar-refractivity contribution in [3.05, 3.63) is 29.0 Å². The van der Waals surface area contributed by atoms with E-state index in [0.717, 1.165) is 12.6 Å².